The number of aliphatic imine (C=N–C) groups is 1. The number of alkyl halides is 3. The third-order valence-electron chi connectivity index (χ3n) is 2.56. The van der Waals surface area contributed by atoms with Crippen LogP contribution in [0.1, 0.15) is 0 Å². The summed E-state index contributed by atoms with van der Waals surface area (Å²) in [5, 5.41) is 12.5. The zero-order valence-corrected chi connectivity index (χ0v) is 9.13. The van der Waals surface area contributed by atoms with Crippen LogP contribution in [0.3, 0.4) is 0 Å². The van der Waals surface area contributed by atoms with Gasteiger partial charge < -0.3 is 15.2 Å². The van der Waals surface area contributed by atoms with Gasteiger partial charge in [0.05, 0.1) is 6.04 Å². The van der Waals surface area contributed by atoms with Crippen molar-refractivity contribution in [2.24, 2.45) is 4.99 Å². The number of aliphatic hydroxyl groups is 1. The maximum absolute atomic E-state index is 13.7. The third-order valence-corrected chi connectivity index (χ3v) is 3.72. The van der Waals surface area contributed by atoms with Crippen LogP contribution in [0.5, 0.6) is 0 Å². The molecular formula is C8H11F3N2O2S. The molecule has 2 fully saturated rings. The molecule has 16 heavy (non-hydrogen) atoms. The molecule has 2 N–H and O–H groups in total. The molecule has 2 saturated heterocycles. The van der Waals surface area contributed by atoms with E-state index in [1.165, 1.54) is 7.05 Å². The van der Waals surface area contributed by atoms with Crippen LogP contribution in [0.25, 0.3) is 0 Å². The van der Waals surface area contributed by atoms with Crippen molar-refractivity contribution >= 4 is 16.9 Å². The number of nitrogens with zero attached hydrogens (tertiary/aromatic N) is 1. The molecule has 0 aromatic rings. The number of amidine groups is 1. The monoisotopic (exact) mass is 256 g/mol. The Morgan fingerprint density at radius 3 is 2.81 bits per heavy atom. The lowest BCUT2D eigenvalue weighted by Gasteiger charge is -2.37. The number of aliphatic hydroxyl groups excluding tert-OH is 1. The van der Waals surface area contributed by atoms with E-state index < -0.39 is 36.3 Å². The van der Waals surface area contributed by atoms with Crippen molar-refractivity contribution in [3.05, 3.63) is 0 Å². The van der Waals surface area contributed by atoms with Gasteiger partial charge >= 0.3 is 0 Å². The molecule has 2 aliphatic heterocycles. The van der Waals surface area contributed by atoms with E-state index in [9.17, 15) is 18.3 Å². The molecule has 0 spiro atoms. The molecule has 1 unspecified atom stereocenters. The maximum atomic E-state index is 13.7. The van der Waals surface area contributed by atoms with E-state index in [0.717, 1.165) is 11.8 Å². The molecule has 4 nitrogen and oxygen atoms in total. The van der Waals surface area contributed by atoms with Crippen LogP contribution in [0, 0.1) is 0 Å². The summed E-state index contributed by atoms with van der Waals surface area (Å²) in [4.78, 5) is 3.79. The van der Waals surface area contributed by atoms with Crippen LogP contribution in [-0.2, 0) is 4.74 Å². The van der Waals surface area contributed by atoms with E-state index in [4.69, 9.17) is 4.74 Å². The number of thioether (sulfide) groups is 1. The molecule has 2 rings (SSSR count). The highest BCUT2D eigenvalue weighted by atomic mass is 32.2. The molecular weight excluding hydrogens is 245 g/mol. The standard InChI is InChI=1S/C8H11F3N2O2S/c1-12-8-13-3-2(9)4(14)5(6(10)11)15-7(3)16-8/h2-7,14H,1H3,(H,12,13)/t2-,3-,4+,5?,7-/m1/s1. The van der Waals surface area contributed by atoms with Gasteiger partial charge in [-0.25, -0.2) is 13.2 Å². The van der Waals surface area contributed by atoms with E-state index in [1.807, 2.05) is 0 Å². The van der Waals surface area contributed by atoms with Crippen LogP contribution in [0.4, 0.5) is 13.2 Å². The molecule has 92 valence electrons. The second-order valence-electron chi connectivity index (χ2n) is 3.56. The zero-order chi connectivity index (χ0) is 11.9. The Morgan fingerprint density at radius 1 is 1.56 bits per heavy atom. The van der Waals surface area contributed by atoms with Crippen LogP contribution in [0.15, 0.2) is 4.99 Å². The first-order chi connectivity index (χ1) is 7.54. The first kappa shape index (κ1) is 12.0. The van der Waals surface area contributed by atoms with Crippen molar-refractivity contribution in [1.29, 1.82) is 0 Å². The van der Waals surface area contributed by atoms with Gasteiger partial charge in [0, 0.05) is 7.05 Å². The Hall–Kier alpha value is -0.470. The lowest BCUT2D eigenvalue weighted by molar-refractivity contribution is -0.180. The summed E-state index contributed by atoms with van der Waals surface area (Å²) in [5.74, 6) is 0. The summed E-state index contributed by atoms with van der Waals surface area (Å²) >= 11 is 1.05. The van der Waals surface area contributed by atoms with Crippen molar-refractivity contribution in [2.45, 2.75) is 36.3 Å². The van der Waals surface area contributed by atoms with Gasteiger partial charge in [0.25, 0.3) is 6.43 Å². The first-order valence-electron chi connectivity index (χ1n) is 4.70. The Balaban J connectivity index is 2.15. The van der Waals surface area contributed by atoms with E-state index in [0.29, 0.717) is 5.17 Å². The Bertz CT molecular complexity index is 305. The molecule has 0 amide bonds. The average Bonchev–Trinajstić information content (AvgIpc) is 2.66. The fraction of sp³-hybridized carbons (Fsp3) is 0.875. The number of nitrogens with one attached hydrogen (secondary N) is 1. The lowest BCUT2D eigenvalue weighted by atomic mass is 9.99. The molecule has 2 aliphatic rings. The van der Waals surface area contributed by atoms with Crippen molar-refractivity contribution in [1.82, 2.24) is 5.32 Å². The van der Waals surface area contributed by atoms with E-state index in [2.05, 4.69) is 10.3 Å². The minimum atomic E-state index is -2.91. The largest absolute Gasteiger partial charge is 0.387 e. The van der Waals surface area contributed by atoms with Gasteiger partial charge in [0.2, 0.25) is 0 Å². The number of rotatable bonds is 1. The van der Waals surface area contributed by atoms with Crippen molar-refractivity contribution < 1.29 is 23.0 Å². The maximum Gasteiger partial charge on any atom is 0.267 e. The fourth-order valence-electron chi connectivity index (χ4n) is 1.72. The smallest absolute Gasteiger partial charge is 0.267 e. The predicted molar refractivity (Wildman–Crippen MR) is 53.4 cm³/mol. The van der Waals surface area contributed by atoms with Gasteiger partial charge in [-0.3, -0.25) is 4.99 Å². The van der Waals surface area contributed by atoms with Crippen molar-refractivity contribution in [3.8, 4) is 0 Å². The first-order valence-corrected chi connectivity index (χ1v) is 5.58. The summed E-state index contributed by atoms with van der Waals surface area (Å²) in [6, 6.07) is -0.825. The SMILES string of the molecule is CN=C1N[C@@H]2[C@@H](F)[C@H](O)C(C(F)F)O[C@@H]2S1. The van der Waals surface area contributed by atoms with E-state index in [-0.39, 0.29) is 0 Å². The van der Waals surface area contributed by atoms with Crippen molar-refractivity contribution in [3.63, 3.8) is 0 Å². The highest BCUT2D eigenvalue weighted by Crippen LogP contribution is 2.36. The van der Waals surface area contributed by atoms with Crippen molar-refractivity contribution in [2.75, 3.05) is 7.05 Å². The average molecular weight is 256 g/mol. The van der Waals surface area contributed by atoms with Gasteiger partial charge in [0.15, 0.2) is 11.3 Å². The van der Waals surface area contributed by atoms with Crippen LogP contribution < -0.4 is 5.32 Å². The van der Waals surface area contributed by atoms with Gasteiger partial charge in [-0.05, 0) is 0 Å². The highest BCUT2D eigenvalue weighted by molar-refractivity contribution is 8.14. The van der Waals surface area contributed by atoms with E-state index in [1.54, 1.807) is 0 Å². The summed E-state index contributed by atoms with van der Waals surface area (Å²) in [5.41, 5.74) is -0.767. The third kappa shape index (κ3) is 1.89. The summed E-state index contributed by atoms with van der Waals surface area (Å²) in [7, 11) is 1.50. The lowest BCUT2D eigenvalue weighted by Crippen LogP contribution is -2.58. The van der Waals surface area contributed by atoms with Gasteiger partial charge in [-0.1, -0.05) is 11.8 Å². The Kier molecular flexibility index (Phi) is 3.32. The zero-order valence-electron chi connectivity index (χ0n) is 8.31. The molecule has 0 radical (unpaired) electrons. The van der Waals surface area contributed by atoms with Gasteiger partial charge in [-0.2, -0.15) is 0 Å². The molecule has 0 aliphatic carbocycles. The fourth-order valence-corrected chi connectivity index (χ4v) is 2.80. The minimum Gasteiger partial charge on any atom is -0.387 e. The normalized spacial score (nSPS) is 45.9. The second-order valence-corrected chi connectivity index (χ2v) is 4.64. The van der Waals surface area contributed by atoms with Gasteiger partial charge in [0.1, 0.15) is 17.6 Å². The molecule has 0 aromatic heterocycles. The summed E-state index contributed by atoms with van der Waals surface area (Å²) in [6.45, 7) is 0. The number of hydrogen-bond donors (Lipinski definition) is 2. The van der Waals surface area contributed by atoms with Crippen LogP contribution in [-0.4, -0.2) is 53.6 Å². The topological polar surface area (TPSA) is 53.9 Å². The molecule has 5 atom stereocenters. The molecule has 0 bridgehead atoms. The molecule has 8 heteroatoms. The quantitative estimate of drug-likeness (QED) is 0.711. The Labute approximate surface area is 94.3 Å². The summed E-state index contributed by atoms with van der Waals surface area (Å²) in [6.07, 6.45) is -8.28. The second kappa shape index (κ2) is 4.42. The number of fused-ring (bicyclic) bond motifs is 1. The van der Waals surface area contributed by atoms with E-state index >= 15 is 0 Å². The van der Waals surface area contributed by atoms with Gasteiger partial charge in [-0.15, -0.1) is 0 Å². The van der Waals surface area contributed by atoms with Crippen LogP contribution >= 0.6 is 11.8 Å². The number of halogens is 3. The molecule has 2 heterocycles. The highest BCUT2D eigenvalue weighted by Gasteiger charge is 2.52. The number of ether oxygens (including phenoxy) is 1. The molecule has 0 aromatic carbocycles. The summed E-state index contributed by atoms with van der Waals surface area (Å²) < 4.78 is 43.6. The molecule has 0 saturated carbocycles. The van der Waals surface area contributed by atoms with Crippen LogP contribution in [0.2, 0.25) is 0 Å². The predicted octanol–water partition coefficient (Wildman–Crippen LogP) is 0.366. The Morgan fingerprint density at radius 2 is 2.25 bits per heavy atom. The minimum absolute atomic E-state index is 0.430. The number of hydrogen-bond acceptors (Lipinski definition) is 4.